The molecule has 1 aliphatic rings. The second-order valence-electron chi connectivity index (χ2n) is 5.91. The Labute approximate surface area is 133 Å². The molecular formula is C13H29Cl2NSiTi-2. The molecular weight excluding hydrogens is 317 g/mol. The number of hydrogen-bond acceptors (Lipinski definition) is 0. The zero-order valence-electron chi connectivity index (χ0n) is 13.1. The second-order valence-corrected chi connectivity index (χ2v) is 12.9. The molecule has 4 unspecified atom stereocenters. The van der Waals surface area contributed by atoms with Gasteiger partial charge in [0.25, 0.3) is 0 Å². The molecule has 0 spiro atoms. The van der Waals surface area contributed by atoms with Crippen molar-refractivity contribution in [1.29, 1.82) is 0 Å². The Morgan fingerprint density at radius 3 is 1.39 bits per heavy atom. The van der Waals surface area contributed by atoms with E-state index in [-0.39, 0.29) is 7.43 Å². The third-order valence-electron chi connectivity index (χ3n) is 5.01. The first-order valence-electron chi connectivity index (χ1n) is 6.31. The molecule has 0 amide bonds. The summed E-state index contributed by atoms with van der Waals surface area (Å²) in [6, 6.07) is 0. The van der Waals surface area contributed by atoms with E-state index in [0.717, 1.165) is 29.2 Å². The van der Waals surface area contributed by atoms with Crippen molar-refractivity contribution in [3.63, 3.8) is 0 Å². The van der Waals surface area contributed by atoms with Gasteiger partial charge in [-0.3, -0.25) is 0 Å². The minimum atomic E-state index is -1.33. The summed E-state index contributed by atoms with van der Waals surface area (Å²) in [5.74, 6) is 3.49. The van der Waals surface area contributed by atoms with E-state index in [4.69, 9.17) is 23.6 Å². The zero-order chi connectivity index (χ0) is 13.8. The zero-order valence-corrected chi connectivity index (χ0v) is 17.2. The molecule has 0 heterocycles. The van der Waals surface area contributed by atoms with Gasteiger partial charge in [-0.1, -0.05) is 54.6 Å². The van der Waals surface area contributed by atoms with Crippen molar-refractivity contribution in [1.82, 2.24) is 0 Å². The third-order valence-corrected chi connectivity index (χ3v) is 8.85. The van der Waals surface area contributed by atoms with E-state index in [1.807, 2.05) is 7.05 Å². The molecule has 0 bridgehead atoms. The van der Waals surface area contributed by atoms with Crippen LogP contribution in [0.2, 0.25) is 18.6 Å². The van der Waals surface area contributed by atoms with E-state index in [2.05, 4.69) is 40.8 Å². The summed E-state index contributed by atoms with van der Waals surface area (Å²) in [4.78, 5) is 4.71. The molecule has 0 aromatic carbocycles. The SMILES string of the molecule is C[N-][Si](C)(C)C1C(C)C(C)C(C)C1C.[CH3-].[Cl][Ti][Cl]. The fourth-order valence-electron chi connectivity index (χ4n) is 3.53. The summed E-state index contributed by atoms with van der Waals surface area (Å²) >= 11 is -0.556. The van der Waals surface area contributed by atoms with Crippen LogP contribution in [0.5, 0.6) is 0 Å². The van der Waals surface area contributed by atoms with Crippen molar-refractivity contribution in [2.45, 2.75) is 46.3 Å². The first-order valence-corrected chi connectivity index (χ1v) is 13.6. The van der Waals surface area contributed by atoms with Crippen LogP contribution in [0.3, 0.4) is 0 Å². The molecule has 0 aromatic heterocycles. The van der Waals surface area contributed by atoms with E-state index in [9.17, 15) is 0 Å². The quantitative estimate of drug-likeness (QED) is 0.433. The standard InChI is InChI=1S/C12H26NSi.CH3.2ClH.Ti/c1-8-9(2)11(4)12(10(8)3)14(6,7)13-5;;;;/h8-12H,1-7H3;1H3;2*1H;/q2*-1;;;+2/p-2. The van der Waals surface area contributed by atoms with E-state index < -0.39 is 25.3 Å². The average Bonchev–Trinajstić information content (AvgIpc) is 2.45. The van der Waals surface area contributed by atoms with Crippen molar-refractivity contribution in [3.8, 4) is 0 Å². The molecule has 4 atom stereocenters. The average molecular weight is 346 g/mol. The Morgan fingerprint density at radius 2 is 1.17 bits per heavy atom. The van der Waals surface area contributed by atoms with E-state index >= 15 is 0 Å². The molecule has 1 saturated carbocycles. The molecule has 1 nitrogen and oxygen atoms in total. The number of rotatable bonds is 2. The van der Waals surface area contributed by atoms with Gasteiger partial charge >= 0.3 is 35.6 Å². The van der Waals surface area contributed by atoms with Gasteiger partial charge in [-0.2, -0.15) is 7.05 Å². The van der Waals surface area contributed by atoms with Gasteiger partial charge in [0.05, 0.1) is 0 Å². The van der Waals surface area contributed by atoms with Gasteiger partial charge in [0, 0.05) is 0 Å². The molecule has 110 valence electrons. The van der Waals surface area contributed by atoms with Gasteiger partial charge in [-0.25, -0.2) is 0 Å². The molecule has 0 N–H and O–H groups in total. The van der Waals surface area contributed by atoms with Gasteiger partial charge in [-0.05, 0) is 23.7 Å². The number of nitrogens with zero attached hydrogens (tertiary/aromatic N) is 1. The Morgan fingerprint density at radius 1 is 0.889 bits per heavy atom. The maximum atomic E-state index is 4.89. The van der Waals surface area contributed by atoms with Gasteiger partial charge in [0.15, 0.2) is 0 Å². The van der Waals surface area contributed by atoms with Crippen LogP contribution in [-0.2, 0) is 17.0 Å². The van der Waals surface area contributed by atoms with Crippen LogP contribution in [0.25, 0.3) is 4.98 Å². The minimum absolute atomic E-state index is 0. The number of halogens is 2. The van der Waals surface area contributed by atoms with Crippen molar-refractivity contribution in [3.05, 3.63) is 12.4 Å². The van der Waals surface area contributed by atoms with Crippen LogP contribution in [0.15, 0.2) is 0 Å². The molecule has 1 aliphatic carbocycles. The summed E-state index contributed by atoms with van der Waals surface area (Å²) in [6.07, 6.45) is 0. The molecule has 0 aromatic rings. The Kier molecular flexibility index (Phi) is 11.4. The van der Waals surface area contributed by atoms with Gasteiger partial charge in [0.2, 0.25) is 0 Å². The molecule has 5 heteroatoms. The van der Waals surface area contributed by atoms with Crippen LogP contribution in [0.4, 0.5) is 0 Å². The van der Waals surface area contributed by atoms with E-state index in [1.165, 1.54) is 0 Å². The first kappa shape index (κ1) is 21.8. The topological polar surface area (TPSA) is 14.1 Å². The summed E-state index contributed by atoms with van der Waals surface area (Å²) in [6.45, 7) is 14.6. The monoisotopic (exact) mass is 345 g/mol. The summed E-state index contributed by atoms with van der Waals surface area (Å²) in [5.41, 5.74) is 0.887. The van der Waals surface area contributed by atoms with Crippen LogP contribution in [-0.4, -0.2) is 15.3 Å². The Bertz CT molecular complexity index is 215. The van der Waals surface area contributed by atoms with Crippen molar-refractivity contribution in [2.24, 2.45) is 23.7 Å². The Balaban J connectivity index is 0. The molecule has 0 radical (unpaired) electrons. The first-order chi connectivity index (χ1) is 7.74. The van der Waals surface area contributed by atoms with Gasteiger partial charge in [-0.15, -0.1) is 0 Å². The summed E-state index contributed by atoms with van der Waals surface area (Å²) in [5, 5.41) is 0. The van der Waals surface area contributed by atoms with E-state index in [0.29, 0.717) is 0 Å². The fraction of sp³-hybridized carbons (Fsp3) is 0.923. The van der Waals surface area contributed by atoms with Gasteiger partial charge in [0.1, 0.15) is 0 Å². The van der Waals surface area contributed by atoms with Gasteiger partial charge < -0.3 is 12.4 Å². The molecule has 0 saturated heterocycles. The Hall–Kier alpha value is 1.47. The molecule has 18 heavy (non-hydrogen) atoms. The predicted octanol–water partition coefficient (Wildman–Crippen LogP) is 5.95. The molecule has 0 aliphatic heterocycles. The van der Waals surface area contributed by atoms with Crippen LogP contribution in [0.1, 0.15) is 27.7 Å². The normalized spacial score (nSPS) is 35.3. The molecule has 1 fully saturated rings. The maximum absolute atomic E-state index is 4.89. The second kappa shape index (κ2) is 9.42. The molecule has 1 rings (SSSR count). The fourth-order valence-corrected chi connectivity index (χ4v) is 7.00. The van der Waals surface area contributed by atoms with Crippen molar-refractivity contribution in [2.75, 3.05) is 7.05 Å². The number of hydrogen-bond donors (Lipinski definition) is 0. The van der Waals surface area contributed by atoms with Crippen molar-refractivity contribution < 1.29 is 17.0 Å². The van der Waals surface area contributed by atoms with Crippen LogP contribution in [0, 0.1) is 31.1 Å². The van der Waals surface area contributed by atoms with Crippen LogP contribution < -0.4 is 0 Å². The van der Waals surface area contributed by atoms with E-state index in [1.54, 1.807) is 0 Å². The summed E-state index contributed by atoms with van der Waals surface area (Å²) in [7, 11) is 10.5. The summed E-state index contributed by atoms with van der Waals surface area (Å²) < 4.78 is 0. The van der Waals surface area contributed by atoms with Crippen molar-refractivity contribution >= 4 is 26.8 Å². The third kappa shape index (κ3) is 5.10. The van der Waals surface area contributed by atoms with Crippen LogP contribution >= 0.6 is 18.6 Å². The predicted molar refractivity (Wildman–Crippen MR) is 85.3 cm³/mol.